The quantitative estimate of drug-likeness (QED) is 0.263. The Morgan fingerprint density at radius 1 is 0.947 bits per heavy atom. The molecule has 0 aliphatic rings. The first kappa shape index (κ1) is 19.3. The Labute approximate surface area is 132 Å². The predicted molar refractivity (Wildman–Crippen MR) is 89.6 cm³/mol. The monoisotopic (exact) mass is 352 g/mol. The van der Waals surface area contributed by atoms with Crippen molar-refractivity contribution in [3.05, 3.63) is 0 Å². The Morgan fingerprint density at radius 3 is 1.68 bits per heavy atom. The fraction of sp³-hybridized carbons (Fsp3) is 0.933. The highest BCUT2D eigenvalue weighted by atomic mass is 79.9. The molecule has 0 aliphatic carbocycles. The lowest BCUT2D eigenvalue weighted by molar-refractivity contribution is -0.139. The number of carboxylic acids is 1. The van der Waals surface area contributed by atoms with E-state index in [4.69, 9.17) is 5.11 Å². The molecule has 4 heteroatoms. The fourth-order valence-electron chi connectivity index (χ4n) is 2.09. The number of hydrogen-bond donors (Lipinski definition) is 2. The van der Waals surface area contributed by atoms with Crippen LogP contribution in [0.25, 0.3) is 0 Å². The zero-order chi connectivity index (χ0) is 14.6. The maximum absolute atomic E-state index is 10.9. The summed E-state index contributed by atoms with van der Waals surface area (Å²) < 4.78 is -0.736. The number of alkyl halides is 1. The summed E-state index contributed by atoms with van der Waals surface area (Å²) in [7, 11) is 0. The normalized spacial score (nSPS) is 14.3. The minimum absolute atomic E-state index is 0.714. The van der Waals surface area contributed by atoms with E-state index in [-0.39, 0.29) is 0 Å². The van der Waals surface area contributed by atoms with Crippen LogP contribution in [0.4, 0.5) is 0 Å². The van der Waals surface area contributed by atoms with Gasteiger partial charge in [0.15, 0.2) is 0 Å². The van der Waals surface area contributed by atoms with Crippen molar-refractivity contribution >= 4 is 34.5 Å². The number of thiol groups is 1. The van der Waals surface area contributed by atoms with Crippen LogP contribution in [0.15, 0.2) is 0 Å². The standard InChI is InChI=1S/C15H29BrO2S/c1-15(16,14(17)18)12-10-8-6-4-2-3-5-7-9-11-13-19/h19H,2-13H2,1H3,(H,17,18). The number of aliphatic carboxylic acids is 1. The predicted octanol–water partition coefficient (Wildman–Crippen LogP) is 5.45. The lowest BCUT2D eigenvalue weighted by Crippen LogP contribution is -2.27. The van der Waals surface area contributed by atoms with Crippen molar-refractivity contribution in [2.75, 3.05) is 5.75 Å². The van der Waals surface area contributed by atoms with Gasteiger partial charge in [-0.15, -0.1) is 0 Å². The van der Waals surface area contributed by atoms with Crippen molar-refractivity contribution in [3.63, 3.8) is 0 Å². The van der Waals surface area contributed by atoms with Crippen LogP contribution >= 0.6 is 28.6 Å². The van der Waals surface area contributed by atoms with Crippen molar-refractivity contribution in [3.8, 4) is 0 Å². The van der Waals surface area contributed by atoms with Crippen molar-refractivity contribution in [2.24, 2.45) is 0 Å². The van der Waals surface area contributed by atoms with Gasteiger partial charge in [-0.2, -0.15) is 12.6 Å². The molecule has 0 rings (SSSR count). The number of rotatable bonds is 13. The molecular weight excluding hydrogens is 324 g/mol. The minimum Gasteiger partial charge on any atom is -0.480 e. The molecule has 0 saturated carbocycles. The van der Waals surface area contributed by atoms with Crippen LogP contribution < -0.4 is 0 Å². The van der Waals surface area contributed by atoms with Gasteiger partial charge >= 0.3 is 5.97 Å². The van der Waals surface area contributed by atoms with Crippen molar-refractivity contribution in [1.29, 1.82) is 0 Å². The van der Waals surface area contributed by atoms with Crippen LogP contribution in [0.3, 0.4) is 0 Å². The summed E-state index contributed by atoms with van der Waals surface area (Å²) in [6.07, 6.45) is 13.3. The first-order valence-corrected chi connectivity index (χ1v) is 8.96. The molecule has 0 spiro atoms. The highest BCUT2D eigenvalue weighted by Gasteiger charge is 2.28. The zero-order valence-corrected chi connectivity index (χ0v) is 14.6. The molecule has 0 aromatic heterocycles. The lowest BCUT2D eigenvalue weighted by atomic mass is 10.0. The smallest absolute Gasteiger partial charge is 0.320 e. The molecule has 0 aromatic carbocycles. The third-order valence-electron chi connectivity index (χ3n) is 3.50. The second-order valence-electron chi connectivity index (χ2n) is 5.51. The number of hydrogen-bond acceptors (Lipinski definition) is 2. The zero-order valence-electron chi connectivity index (χ0n) is 12.2. The van der Waals surface area contributed by atoms with Gasteiger partial charge in [0, 0.05) is 0 Å². The third kappa shape index (κ3) is 11.8. The van der Waals surface area contributed by atoms with Gasteiger partial charge in [-0.25, -0.2) is 0 Å². The molecular formula is C15H29BrO2S. The SMILES string of the molecule is CC(Br)(CCCCCCCCCCCCS)C(=O)O. The van der Waals surface area contributed by atoms with Gasteiger partial charge < -0.3 is 5.11 Å². The summed E-state index contributed by atoms with van der Waals surface area (Å²) in [5.74, 6) is 0.261. The summed E-state index contributed by atoms with van der Waals surface area (Å²) in [4.78, 5) is 10.9. The van der Waals surface area contributed by atoms with Gasteiger partial charge in [0.05, 0.1) is 0 Å². The van der Waals surface area contributed by atoms with E-state index in [1.807, 2.05) is 0 Å². The van der Waals surface area contributed by atoms with Crippen LogP contribution in [0, 0.1) is 0 Å². The molecule has 0 bridgehead atoms. The highest BCUT2D eigenvalue weighted by molar-refractivity contribution is 9.10. The van der Waals surface area contributed by atoms with Crippen molar-refractivity contribution < 1.29 is 9.90 Å². The number of carboxylic acid groups (broad SMARTS) is 1. The molecule has 0 radical (unpaired) electrons. The average molecular weight is 353 g/mol. The Balaban J connectivity index is 3.21. The largest absolute Gasteiger partial charge is 0.480 e. The van der Waals surface area contributed by atoms with Crippen molar-refractivity contribution in [1.82, 2.24) is 0 Å². The Hall–Kier alpha value is 0.300. The second-order valence-corrected chi connectivity index (χ2v) is 7.71. The van der Waals surface area contributed by atoms with E-state index in [0.717, 1.165) is 18.6 Å². The molecule has 0 aliphatic heterocycles. The number of carbonyl (C=O) groups is 1. The van der Waals surface area contributed by atoms with E-state index in [1.54, 1.807) is 6.92 Å². The van der Waals surface area contributed by atoms with Gasteiger partial charge in [-0.05, 0) is 25.5 Å². The van der Waals surface area contributed by atoms with Crippen LogP contribution in [0.2, 0.25) is 0 Å². The van der Waals surface area contributed by atoms with Gasteiger partial charge in [0.1, 0.15) is 4.32 Å². The summed E-state index contributed by atoms with van der Waals surface area (Å²) in [6, 6.07) is 0. The topological polar surface area (TPSA) is 37.3 Å². The maximum atomic E-state index is 10.9. The Morgan fingerprint density at radius 2 is 1.32 bits per heavy atom. The van der Waals surface area contributed by atoms with E-state index in [2.05, 4.69) is 28.6 Å². The van der Waals surface area contributed by atoms with Gasteiger partial charge in [0.25, 0.3) is 0 Å². The fourth-order valence-corrected chi connectivity index (χ4v) is 2.59. The van der Waals surface area contributed by atoms with Gasteiger partial charge in [-0.1, -0.05) is 73.7 Å². The number of halogens is 1. The lowest BCUT2D eigenvalue weighted by Gasteiger charge is -2.16. The third-order valence-corrected chi connectivity index (χ3v) is 4.55. The van der Waals surface area contributed by atoms with E-state index in [9.17, 15) is 4.79 Å². The van der Waals surface area contributed by atoms with Crippen molar-refractivity contribution in [2.45, 2.75) is 81.9 Å². The minimum atomic E-state index is -0.756. The molecule has 0 aromatic rings. The first-order valence-electron chi connectivity index (χ1n) is 7.54. The molecule has 0 amide bonds. The van der Waals surface area contributed by atoms with Crippen LogP contribution in [0.5, 0.6) is 0 Å². The van der Waals surface area contributed by atoms with Gasteiger partial charge in [0.2, 0.25) is 0 Å². The Bertz CT molecular complexity index is 232. The van der Waals surface area contributed by atoms with E-state index in [1.165, 1.54) is 51.4 Å². The molecule has 0 heterocycles. The summed E-state index contributed by atoms with van der Waals surface area (Å²) in [5, 5.41) is 8.95. The molecule has 114 valence electrons. The summed E-state index contributed by atoms with van der Waals surface area (Å²) >= 11 is 7.47. The first-order chi connectivity index (χ1) is 9.00. The number of unbranched alkanes of at least 4 members (excludes halogenated alkanes) is 9. The molecule has 1 unspecified atom stereocenters. The van der Waals surface area contributed by atoms with Crippen LogP contribution in [-0.2, 0) is 4.79 Å². The molecule has 0 saturated heterocycles. The molecule has 1 N–H and O–H groups in total. The maximum Gasteiger partial charge on any atom is 0.320 e. The average Bonchev–Trinajstić information content (AvgIpc) is 2.35. The molecule has 0 fully saturated rings. The second kappa shape index (κ2) is 12.1. The highest BCUT2D eigenvalue weighted by Crippen LogP contribution is 2.25. The molecule has 19 heavy (non-hydrogen) atoms. The Kier molecular flexibility index (Phi) is 12.3. The van der Waals surface area contributed by atoms with Gasteiger partial charge in [-0.3, -0.25) is 4.79 Å². The van der Waals surface area contributed by atoms with E-state index >= 15 is 0 Å². The van der Waals surface area contributed by atoms with E-state index in [0.29, 0.717) is 6.42 Å². The van der Waals surface area contributed by atoms with Crippen LogP contribution in [0.1, 0.15) is 77.6 Å². The van der Waals surface area contributed by atoms with Crippen LogP contribution in [-0.4, -0.2) is 21.2 Å². The molecule has 1 atom stereocenters. The van der Waals surface area contributed by atoms with E-state index < -0.39 is 10.3 Å². The molecule has 2 nitrogen and oxygen atoms in total. The summed E-state index contributed by atoms with van der Waals surface area (Å²) in [5.41, 5.74) is 0. The summed E-state index contributed by atoms with van der Waals surface area (Å²) in [6.45, 7) is 1.74.